The summed E-state index contributed by atoms with van der Waals surface area (Å²) in [6.07, 6.45) is 9.08. The van der Waals surface area contributed by atoms with Gasteiger partial charge in [-0.1, -0.05) is 166 Å². The lowest BCUT2D eigenvalue weighted by atomic mass is 9.72. The van der Waals surface area contributed by atoms with E-state index in [0.29, 0.717) is 17.5 Å². The van der Waals surface area contributed by atoms with Gasteiger partial charge in [0.1, 0.15) is 11.2 Å². The highest BCUT2D eigenvalue weighted by atomic mass is 16.3. The van der Waals surface area contributed by atoms with Gasteiger partial charge in [-0.3, -0.25) is 0 Å². The molecule has 66 heavy (non-hydrogen) atoms. The van der Waals surface area contributed by atoms with Crippen LogP contribution in [0.1, 0.15) is 37.8 Å². The Bertz CT molecular complexity index is 3730. The summed E-state index contributed by atoms with van der Waals surface area (Å²) in [6.45, 7) is 4.75. The zero-order valence-electron chi connectivity index (χ0n) is 36.6. The summed E-state index contributed by atoms with van der Waals surface area (Å²) in [4.78, 5) is 17.7. The predicted molar refractivity (Wildman–Crippen MR) is 270 cm³/mol. The maximum Gasteiger partial charge on any atom is 0.167 e. The quantitative estimate of drug-likeness (QED) is 0.167. The maximum atomic E-state index is 7.11. The van der Waals surface area contributed by atoms with E-state index in [9.17, 15) is 0 Å². The molecule has 13 rings (SSSR count). The molecule has 0 atom stereocenters. The van der Waals surface area contributed by atoms with Crippen molar-refractivity contribution >= 4 is 55.1 Å². The second-order valence-corrected chi connectivity index (χ2v) is 17.8. The SMILES string of the molecule is CC1(C)c2ccccc2N(C2=CCCC=C2)c2c1ccc1c2c2cc(-c3cccc4c3oc3c(-c5nc(-c6ccccc6)nc(-c6ccccc6)n5)cccc34)ccc2n1-c1ccccc1. The van der Waals surface area contributed by atoms with E-state index in [1.807, 2.05) is 60.7 Å². The molecule has 3 aromatic heterocycles. The Kier molecular flexibility index (Phi) is 8.59. The summed E-state index contributed by atoms with van der Waals surface area (Å²) in [5.41, 5.74) is 15.8. The Hall–Kier alpha value is -8.35. The summed E-state index contributed by atoms with van der Waals surface area (Å²) in [5.74, 6) is 1.78. The average molecular weight is 850 g/mol. The highest BCUT2D eigenvalue weighted by Crippen LogP contribution is 2.55. The molecule has 0 N–H and O–H groups in total. The van der Waals surface area contributed by atoms with Crippen LogP contribution in [0.4, 0.5) is 11.4 Å². The highest BCUT2D eigenvalue weighted by molar-refractivity contribution is 6.19. The number of hydrogen-bond donors (Lipinski definition) is 0. The van der Waals surface area contributed by atoms with Crippen molar-refractivity contribution in [2.75, 3.05) is 4.90 Å². The third kappa shape index (κ3) is 5.84. The van der Waals surface area contributed by atoms with Gasteiger partial charge in [-0.2, -0.15) is 0 Å². The van der Waals surface area contributed by atoms with Gasteiger partial charge in [0.2, 0.25) is 0 Å². The Morgan fingerprint density at radius 3 is 1.82 bits per heavy atom. The van der Waals surface area contributed by atoms with Gasteiger partial charge in [-0.25, -0.2) is 15.0 Å². The van der Waals surface area contributed by atoms with E-state index < -0.39 is 0 Å². The van der Waals surface area contributed by atoms with Crippen molar-refractivity contribution in [3.05, 3.63) is 217 Å². The third-order valence-electron chi connectivity index (χ3n) is 13.6. The van der Waals surface area contributed by atoms with Crippen LogP contribution in [-0.2, 0) is 5.41 Å². The van der Waals surface area contributed by atoms with Crippen molar-refractivity contribution in [2.24, 2.45) is 0 Å². The number of hydrogen-bond acceptors (Lipinski definition) is 5. The number of allylic oxidation sites excluding steroid dienone is 3. The molecule has 4 heterocycles. The smallest absolute Gasteiger partial charge is 0.167 e. The van der Waals surface area contributed by atoms with Crippen molar-refractivity contribution in [2.45, 2.75) is 32.1 Å². The molecular formula is C60H43N5O. The zero-order chi connectivity index (χ0) is 43.9. The minimum Gasteiger partial charge on any atom is -0.455 e. The largest absolute Gasteiger partial charge is 0.455 e. The first kappa shape index (κ1) is 38.1. The number of rotatable bonds is 6. The molecule has 6 nitrogen and oxygen atoms in total. The second kappa shape index (κ2) is 14.9. The first-order valence-corrected chi connectivity index (χ1v) is 22.8. The average Bonchev–Trinajstić information content (AvgIpc) is 3.93. The van der Waals surface area contributed by atoms with Crippen LogP contribution in [0, 0.1) is 0 Å². The van der Waals surface area contributed by atoms with Crippen LogP contribution in [0.15, 0.2) is 210 Å². The summed E-state index contributed by atoms with van der Waals surface area (Å²) in [5, 5.41) is 4.46. The van der Waals surface area contributed by atoms with Gasteiger partial charge >= 0.3 is 0 Å². The van der Waals surface area contributed by atoms with E-state index in [1.165, 1.54) is 44.5 Å². The van der Waals surface area contributed by atoms with Gasteiger partial charge in [-0.15, -0.1) is 0 Å². The molecule has 2 aliphatic rings. The minimum absolute atomic E-state index is 0.242. The van der Waals surface area contributed by atoms with Gasteiger partial charge in [0.05, 0.1) is 28.0 Å². The molecule has 0 radical (unpaired) electrons. The van der Waals surface area contributed by atoms with Crippen molar-refractivity contribution < 1.29 is 4.42 Å². The Labute approximate surface area is 382 Å². The fourth-order valence-corrected chi connectivity index (χ4v) is 10.5. The van der Waals surface area contributed by atoms with E-state index in [4.69, 9.17) is 19.4 Å². The molecule has 8 aromatic carbocycles. The summed E-state index contributed by atoms with van der Waals surface area (Å²) in [7, 11) is 0. The van der Waals surface area contributed by atoms with E-state index >= 15 is 0 Å². The lowest BCUT2D eigenvalue weighted by Crippen LogP contribution is -2.32. The van der Waals surface area contributed by atoms with Crippen LogP contribution >= 0.6 is 0 Å². The highest BCUT2D eigenvalue weighted by Gasteiger charge is 2.39. The van der Waals surface area contributed by atoms with Gasteiger partial charge < -0.3 is 13.9 Å². The van der Waals surface area contributed by atoms with Gasteiger partial charge in [-0.05, 0) is 78.1 Å². The Balaban J connectivity index is 1.05. The Morgan fingerprint density at radius 1 is 0.500 bits per heavy atom. The van der Waals surface area contributed by atoms with E-state index in [2.05, 4.69) is 163 Å². The number of nitrogens with zero attached hydrogens (tertiary/aromatic N) is 5. The zero-order valence-corrected chi connectivity index (χ0v) is 36.6. The molecule has 0 amide bonds. The summed E-state index contributed by atoms with van der Waals surface area (Å²) >= 11 is 0. The van der Waals surface area contributed by atoms with Gasteiger partial charge in [0.25, 0.3) is 0 Å². The van der Waals surface area contributed by atoms with Crippen LogP contribution in [0.2, 0.25) is 0 Å². The standard InChI is InChI=1S/C60H43N5O/c1-60(2)48-31-15-16-32-51(48)65(42-25-13-6-14-26-42)54-49(60)34-36-52-53(54)47-37-40(33-35-50(47)64(52)41-23-11-5-12-24-41)43-27-17-28-44-45-29-18-30-46(56(45)66-55(43)44)59-62-57(38-19-7-3-8-20-38)61-58(63-59)39-21-9-4-10-22-39/h3-5,7-13,15-37H,6,14H2,1-2H3. The molecule has 0 fully saturated rings. The minimum atomic E-state index is -0.242. The molecule has 6 heteroatoms. The maximum absolute atomic E-state index is 7.11. The van der Waals surface area contributed by atoms with Gasteiger partial charge in [0, 0.05) is 55.0 Å². The van der Waals surface area contributed by atoms with Crippen molar-refractivity contribution in [3.8, 4) is 51.0 Å². The van der Waals surface area contributed by atoms with E-state index in [-0.39, 0.29) is 5.41 Å². The number of para-hydroxylation sites is 4. The molecule has 0 saturated heterocycles. The van der Waals surface area contributed by atoms with Crippen molar-refractivity contribution in [1.82, 2.24) is 19.5 Å². The monoisotopic (exact) mass is 849 g/mol. The van der Waals surface area contributed by atoms with E-state index in [0.717, 1.165) is 73.8 Å². The van der Waals surface area contributed by atoms with Crippen molar-refractivity contribution in [1.29, 1.82) is 0 Å². The molecular weight excluding hydrogens is 807 g/mol. The van der Waals surface area contributed by atoms with Crippen LogP contribution in [0.25, 0.3) is 94.7 Å². The van der Waals surface area contributed by atoms with Crippen LogP contribution in [0.3, 0.4) is 0 Å². The summed E-state index contributed by atoms with van der Waals surface area (Å²) < 4.78 is 9.55. The molecule has 11 aromatic rings. The molecule has 0 bridgehead atoms. The predicted octanol–water partition coefficient (Wildman–Crippen LogP) is 15.5. The molecule has 0 spiro atoms. The lowest BCUT2D eigenvalue weighted by Gasteiger charge is -2.43. The molecule has 0 unspecified atom stereocenters. The lowest BCUT2D eigenvalue weighted by molar-refractivity contribution is 0.631. The fourth-order valence-electron chi connectivity index (χ4n) is 10.5. The summed E-state index contributed by atoms with van der Waals surface area (Å²) in [6, 6.07) is 64.3. The molecule has 1 aliphatic heterocycles. The normalized spacial score (nSPS) is 14.2. The Morgan fingerprint density at radius 2 is 1.12 bits per heavy atom. The second-order valence-electron chi connectivity index (χ2n) is 17.8. The number of fused-ring (bicyclic) bond motifs is 9. The van der Waals surface area contributed by atoms with Crippen LogP contribution < -0.4 is 4.90 Å². The van der Waals surface area contributed by atoms with Gasteiger partial charge in [0.15, 0.2) is 17.5 Å². The first-order chi connectivity index (χ1) is 32.5. The molecule has 1 aliphatic carbocycles. The first-order valence-electron chi connectivity index (χ1n) is 22.8. The topological polar surface area (TPSA) is 60.0 Å². The van der Waals surface area contributed by atoms with E-state index in [1.54, 1.807) is 0 Å². The van der Waals surface area contributed by atoms with Crippen LogP contribution in [0.5, 0.6) is 0 Å². The van der Waals surface area contributed by atoms with Crippen molar-refractivity contribution in [3.63, 3.8) is 0 Å². The number of aromatic nitrogens is 4. The number of benzene rings is 8. The number of furan rings is 1. The third-order valence-corrected chi connectivity index (χ3v) is 13.6. The molecule has 314 valence electrons. The number of anilines is 2. The fraction of sp³-hybridized carbons (Fsp3) is 0.0833. The molecule has 0 saturated carbocycles. The van der Waals surface area contributed by atoms with Crippen LogP contribution in [-0.4, -0.2) is 19.5 Å².